The zero-order valence-corrected chi connectivity index (χ0v) is 13.1. The van der Waals surface area contributed by atoms with Crippen molar-refractivity contribution >= 4 is 17.2 Å². The lowest BCUT2D eigenvalue weighted by Crippen LogP contribution is -2.36. The van der Waals surface area contributed by atoms with Crippen molar-refractivity contribution < 1.29 is 13.6 Å². The van der Waals surface area contributed by atoms with E-state index in [4.69, 9.17) is 0 Å². The molecule has 0 spiro atoms. The second-order valence-electron chi connectivity index (χ2n) is 5.75. The monoisotopic (exact) mass is 328 g/mol. The van der Waals surface area contributed by atoms with Crippen molar-refractivity contribution in [1.29, 1.82) is 0 Å². The van der Waals surface area contributed by atoms with E-state index in [-0.39, 0.29) is 18.1 Å². The van der Waals surface area contributed by atoms with Gasteiger partial charge in [-0.15, -0.1) is 0 Å². The van der Waals surface area contributed by atoms with Gasteiger partial charge < -0.3 is 5.32 Å². The molecule has 0 aromatic heterocycles. The predicted molar refractivity (Wildman–Crippen MR) is 90.5 cm³/mol. The first-order valence-electron chi connectivity index (χ1n) is 7.83. The van der Waals surface area contributed by atoms with Gasteiger partial charge in [0.2, 0.25) is 5.91 Å². The van der Waals surface area contributed by atoms with Crippen molar-refractivity contribution in [3.05, 3.63) is 71.8 Å². The molecule has 2 aromatic rings. The first kappa shape index (κ1) is 16.3. The highest BCUT2D eigenvalue weighted by Gasteiger charge is 2.16. The molecule has 1 N–H and O–H groups in total. The van der Waals surface area contributed by atoms with Gasteiger partial charge in [-0.1, -0.05) is 36.4 Å². The van der Waals surface area contributed by atoms with Crippen LogP contribution in [0, 0.1) is 11.6 Å². The summed E-state index contributed by atoms with van der Waals surface area (Å²) in [5.74, 6) is -1.74. The van der Waals surface area contributed by atoms with E-state index in [0.29, 0.717) is 6.54 Å². The lowest BCUT2D eigenvalue weighted by Gasteiger charge is -2.25. The van der Waals surface area contributed by atoms with Crippen molar-refractivity contribution in [2.75, 3.05) is 25.0 Å². The van der Waals surface area contributed by atoms with E-state index >= 15 is 0 Å². The number of carbonyl (C=O) groups excluding carboxylic acids is 1. The van der Waals surface area contributed by atoms with Gasteiger partial charge in [-0.3, -0.25) is 9.69 Å². The predicted octanol–water partition coefficient (Wildman–Crippen LogP) is 3.69. The van der Waals surface area contributed by atoms with E-state index in [2.05, 4.69) is 23.5 Å². The highest BCUT2D eigenvalue weighted by molar-refractivity contribution is 5.92. The maximum absolute atomic E-state index is 13.6. The van der Waals surface area contributed by atoms with Crippen LogP contribution in [-0.2, 0) is 4.79 Å². The summed E-state index contributed by atoms with van der Waals surface area (Å²) in [6, 6.07) is 13.3. The minimum Gasteiger partial charge on any atom is -0.322 e. The highest BCUT2D eigenvalue weighted by atomic mass is 19.1. The SMILES string of the molecule is O=C(CN1CC=C(c2ccccc2)CC1)Nc1ccc(F)cc1F. The molecule has 0 unspecified atom stereocenters. The quantitative estimate of drug-likeness (QED) is 0.928. The molecule has 0 bridgehead atoms. The van der Waals surface area contributed by atoms with E-state index in [1.165, 1.54) is 17.2 Å². The van der Waals surface area contributed by atoms with Gasteiger partial charge in [0.1, 0.15) is 11.6 Å². The Bertz CT molecular complexity index is 759. The third-order valence-corrected chi connectivity index (χ3v) is 4.01. The van der Waals surface area contributed by atoms with Gasteiger partial charge in [0.25, 0.3) is 0 Å². The molecule has 1 amide bonds. The fourth-order valence-electron chi connectivity index (χ4n) is 2.75. The van der Waals surface area contributed by atoms with E-state index in [9.17, 15) is 13.6 Å². The Kier molecular flexibility index (Phi) is 5.01. The van der Waals surface area contributed by atoms with Crippen molar-refractivity contribution in [3.8, 4) is 0 Å². The molecular weight excluding hydrogens is 310 g/mol. The van der Waals surface area contributed by atoms with Crippen LogP contribution in [0.5, 0.6) is 0 Å². The summed E-state index contributed by atoms with van der Waals surface area (Å²) < 4.78 is 26.4. The van der Waals surface area contributed by atoms with Crippen LogP contribution < -0.4 is 5.32 Å². The van der Waals surface area contributed by atoms with Crippen LogP contribution in [0.3, 0.4) is 0 Å². The van der Waals surface area contributed by atoms with Gasteiger partial charge in [-0.2, -0.15) is 0 Å². The Morgan fingerprint density at radius 3 is 2.58 bits per heavy atom. The van der Waals surface area contributed by atoms with Crippen molar-refractivity contribution in [3.63, 3.8) is 0 Å². The van der Waals surface area contributed by atoms with Crippen LogP contribution in [0.1, 0.15) is 12.0 Å². The summed E-state index contributed by atoms with van der Waals surface area (Å²) in [4.78, 5) is 14.0. The number of nitrogens with one attached hydrogen (secondary N) is 1. The Balaban J connectivity index is 1.56. The third-order valence-electron chi connectivity index (χ3n) is 4.01. The maximum atomic E-state index is 13.6. The van der Waals surface area contributed by atoms with Gasteiger partial charge in [0.15, 0.2) is 0 Å². The van der Waals surface area contributed by atoms with Gasteiger partial charge in [0.05, 0.1) is 12.2 Å². The first-order valence-corrected chi connectivity index (χ1v) is 7.83. The second kappa shape index (κ2) is 7.36. The number of halogens is 2. The molecule has 1 heterocycles. The number of anilines is 1. The van der Waals surface area contributed by atoms with Gasteiger partial charge >= 0.3 is 0 Å². The number of hydrogen-bond acceptors (Lipinski definition) is 2. The zero-order chi connectivity index (χ0) is 16.9. The van der Waals surface area contributed by atoms with Crippen LogP contribution in [0.15, 0.2) is 54.6 Å². The molecule has 0 radical (unpaired) electrons. The summed E-state index contributed by atoms with van der Waals surface area (Å²) >= 11 is 0. The summed E-state index contributed by atoms with van der Waals surface area (Å²) in [5, 5.41) is 2.48. The van der Waals surface area contributed by atoms with E-state index in [1.54, 1.807) is 0 Å². The Morgan fingerprint density at radius 1 is 1.12 bits per heavy atom. The Labute approximate surface area is 139 Å². The van der Waals surface area contributed by atoms with E-state index in [1.807, 2.05) is 23.1 Å². The molecular formula is C19H18F2N2O. The molecule has 0 saturated heterocycles. The van der Waals surface area contributed by atoms with Crippen LogP contribution in [-0.4, -0.2) is 30.4 Å². The standard InChI is InChI=1S/C19H18F2N2O/c20-16-6-7-18(17(21)12-16)22-19(24)13-23-10-8-15(9-11-23)14-4-2-1-3-5-14/h1-8,12H,9-11,13H2,(H,22,24). The van der Waals surface area contributed by atoms with Crippen molar-refractivity contribution in [2.45, 2.75) is 6.42 Å². The normalized spacial score (nSPS) is 15.0. The van der Waals surface area contributed by atoms with Crippen molar-refractivity contribution in [1.82, 2.24) is 4.90 Å². The molecule has 5 heteroatoms. The molecule has 0 atom stereocenters. The molecule has 3 nitrogen and oxygen atoms in total. The molecule has 1 aliphatic rings. The molecule has 24 heavy (non-hydrogen) atoms. The van der Waals surface area contributed by atoms with Crippen LogP contribution in [0.25, 0.3) is 5.57 Å². The van der Waals surface area contributed by atoms with Gasteiger partial charge in [-0.05, 0) is 29.7 Å². The minimum atomic E-state index is -0.770. The summed E-state index contributed by atoms with van der Waals surface area (Å²) in [5.41, 5.74) is 2.48. The first-order chi connectivity index (χ1) is 11.6. The van der Waals surface area contributed by atoms with E-state index in [0.717, 1.165) is 25.1 Å². The molecule has 1 aliphatic heterocycles. The van der Waals surface area contributed by atoms with E-state index < -0.39 is 11.6 Å². The molecule has 0 fully saturated rings. The number of amides is 1. The average molecular weight is 328 g/mol. The minimum absolute atomic E-state index is 0.000994. The van der Waals surface area contributed by atoms with Crippen LogP contribution in [0.2, 0.25) is 0 Å². The molecule has 0 saturated carbocycles. The van der Waals surface area contributed by atoms with Crippen LogP contribution in [0.4, 0.5) is 14.5 Å². The fraction of sp³-hybridized carbons (Fsp3) is 0.211. The average Bonchev–Trinajstić information content (AvgIpc) is 2.59. The molecule has 0 aliphatic carbocycles. The lowest BCUT2D eigenvalue weighted by molar-refractivity contribution is -0.117. The number of rotatable bonds is 4. The topological polar surface area (TPSA) is 32.3 Å². The Morgan fingerprint density at radius 2 is 1.92 bits per heavy atom. The zero-order valence-electron chi connectivity index (χ0n) is 13.1. The van der Waals surface area contributed by atoms with Gasteiger partial charge in [-0.25, -0.2) is 8.78 Å². The maximum Gasteiger partial charge on any atom is 0.238 e. The van der Waals surface area contributed by atoms with Gasteiger partial charge in [0, 0.05) is 19.2 Å². The number of nitrogens with zero attached hydrogens (tertiary/aromatic N) is 1. The smallest absolute Gasteiger partial charge is 0.238 e. The highest BCUT2D eigenvalue weighted by Crippen LogP contribution is 2.22. The lowest BCUT2D eigenvalue weighted by atomic mass is 10.00. The molecule has 3 rings (SSSR count). The Hall–Kier alpha value is -2.53. The fourth-order valence-corrected chi connectivity index (χ4v) is 2.75. The largest absolute Gasteiger partial charge is 0.322 e. The molecule has 124 valence electrons. The number of hydrogen-bond donors (Lipinski definition) is 1. The van der Waals surface area contributed by atoms with Crippen molar-refractivity contribution in [2.24, 2.45) is 0 Å². The summed E-state index contributed by atoms with van der Waals surface area (Å²) in [6.07, 6.45) is 2.98. The molecule has 2 aromatic carbocycles. The number of carbonyl (C=O) groups is 1. The third kappa shape index (κ3) is 4.06. The number of benzene rings is 2. The summed E-state index contributed by atoms with van der Waals surface area (Å²) in [7, 11) is 0. The second-order valence-corrected chi connectivity index (χ2v) is 5.75. The summed E-state index contributed by atoms with van der Waals surface area (Å²) in [6.45, 7) is 1.61. The van der Waals surface area contributed by atoms with Crippen LogP contribution >= 0.6 is 0 Å².